The Balaban J connectivity index is 0.00000323. The summed E-state index contributed by atoms with van der Waals surface area (Å²) in [6, 6.07) is 24.7. The van der Waals surface area contributed by atoms with Gasteiger partial charge in [-0.05, 0) is 66.3 Å². The van der Waals surface area contributed by atoms with E-state index in [0.717, 1.165) is 11.3 Å². The van der Waals surface area contributed by atoms with E-state index in [1.165, 1.54) is 12.1 Å². The van der Waals surface area contributed by atoms with Crippen LogP contribution in [0.25, 0.3) is 22.4 Å². The van der Waals surface area contributed by atoms with Crippen LogP contribution in [-0.4, -0.2) is 44.3 Å². The van der Waals surface area contributed by atoms with Crippen LogP contribution >= 0.6 is 0 Å². The summed E-state index contributed by atoms with van der Waals surface area (Å²) in [5.74, 6) is -2.20. The minimum atomic E-state index is -1.39. The number of benzene rings is 3. The molecule has 222 valence electrons. The van der Waals surface area contributed by atoms with Crippen molar-refractivity contribution in [3.63, 3.8) is 0 Å². The molecule has 0 aliphatic heterocycles. The molecule has 0 unspecified atom stereocenters. The molecule has 0 saturated carbocycles. The van der Waals surface area contributed by atoms with Crippen molar-refractivity contribution >= 4 is 17.6 Å². The van der Waals surface area contributed by atoms with Gasteiger partial charge in [0.05, 0.1) is 23.5 Å². The van der Waals surface area contributed by atoms with Crippen molar-refractivity contribution < 1.29 is 64.3 Å². The van der Waals surface area contributed by atoms with Gasteiger partial charge in [-0.25, -0.2) is 4.39 Å². The summed E-state index contributed by atoms with van der Waals surface area (Å²) >= 11 is 0. The van der Waals surface area contributed by atoms with E-state index in [4.69, 9.17) is 0 Å². The first-order valence-electron chi connectivity index (χ1n) is 13.7. The monoisotopic (exact) mass is 598 g/mol. The number of halogens is 1. The van der Waals surface area contributed by atoms with Crippen molar-refractivity contribution in [3.8, 4) is 22.4 Å². The van der Waals surface area contributed by atoms with Crippen LogP contribution in [0.1, 0.15) is 55.1 Å². The molecule has 4 rings (SSSR count). The number of aliphatic carboxylic acids is 1. The zero-order valence-electron chi connectivity index (χ0n) is 24.6. The van der Waals surface area contributed by atoms with Gasteiger partial charge in [0.2, 0.25) is 0 Å². The number of aliphatic hydroxyl groups excluding tert-OH is 2. The fourth-order valence-electron chi connectivity index (χ4n) is 5.19. The van der Waals surface area contributed by atoms with Crippen LogP contribution in [0.15, 0.2) is 84.9 Å². The molecule has 0 spiro atoms. The predicted octanol–water partition coefficient (Wildman–Crippen LogP) is 1.16. The topological polar surface area (TPSA) is 146 Å². The molecular formula is C33H36FN2NaO6. The third kappa shape index (κ3) is 9.09. The first-order chi connectivity index (χ1) is 19.7. The first kappa shape index (κ1) is 35.9. The molecule has 10 heteroatoms. The molecule has 5 N–H and O–H groups in total. The van der Waals surface area contributed by atoms with E-state index >= 15 is 0 Å². The average molecular weight is 599 g/mol. The number of carboxylic acids is 1. The molecule has 1 aromatic heterocycles. The van der Waals surface area contributed by atoms with Gasteiger partial charge in [0.15, 0.2) is 0 Å². The van der Waals surface area contributed by atoms with E-state index < -0.39 is 30.4 Å². The average Bonchev–Trinajstić information content (AvgIpc) is 3.28. The van der Waals surface area contributed by atoms with Gasteiger partial charge in [0.25, 0.3) is 5.91 Å². The molecule has 1 amide bonds. The molecule has 0 fully saturated rings. The van der Waals surface area contributed by atoms with Crippen molar-refractivity contribution in [1.82, 2.24) is 4.57 Å². The fraction of sp³-hybridized carbons (Fsp3) is 0.273. The van der Waals surface area contributed by atoms with Crippen molar-refractivity contribution in [2.75, 3.05) is 5.32 Å². The number of rotatable bonds is 12. The Labute approximate surface area is 272 Å². The zero-order chi connectivity index (χ0) is 29.5. The first-order valence-corrected chi connectivity index (χ1v) is 13.7. The predicted molar refractivity (Wildman–Crippen MR) is 158 cm³/mol. The van der Waals surface area contributed by atoms with Gasteiger partial charge in [-0.15, -0.1) is 0 Å². The van der Waals surface area contributed by atoms with Crippen molar-refractivity contribution in [1.29, 1.82) is 0 Å². The minimum absolute atomic E-state index is 0. The summed E-state index contributed by atoms with van der Waals surface area (Å²) in [5, 5.41) is 34.6. The van der Waals surface area contributed by atoms with E-state index in [2.05, 4.69) is 5.32 Å². The number of amides is 1. The second-order valence-corrected chi connectivity index (χ2v) is 10.4. The van der Waals surface area contributed by atoms with Crippen molar-refractivity contribution in [2.24, 2.45) is 0 Å². The quantitative estimate of drug-likeness (QED) is 0.210. The largest absolute Gasteiger partial charge is 1.00 e. The van der Waals surface area contributed by atoms with Crippen LogP contribution in [0.3, 0.4) is 0 Å². The van der Waals surface area contributed by atoms with E-state index in [-0.39, 0.29) is 66.2 Å². The molecule has 3 aromatic carbocycles. The van der Waals surface area contributed by atoms with Gasteiger partial charge in [-0.2, -0.15) is 0 Å². The Morgan fingerprint density at radius 3 is 2.02 bits per heavy atom. The van der Waals surface area contributed by atoms with Gasteiger partial charge in [-0.1, -0.05) is 62.4 Å². The summed E-state index contributed by atoms with van der Waals surface area (Å²) in [7, 11) is 0. The summed E-state index contributed by atoms with van der Waals surface area (Å²) in [6.07, 6.45) is -2.77. The zero-order valence-corrected chi connectivity index (χ0v) is 26.6. The van der Waals surface area contributed by atoms with Crippen molar-refractivity contribution in [3.05, 3.63) is 102 Å². The fourth-order valence-corrected chi connectivity index (χ4v) is 5.19. The summed E-state index contributed by atoms with van der Waals surface area (Å²) in [4.78, 5) is 24.9. The van der Waals surface area contributed by atoms with Crippen molar-refractivity contribution in [2.45, 2.75) is 57.8 Å². The number of aromatic nitrogens is 1. The van der Waals surface area contributed by atoms with E-state index in [1.54, 1.807) is 24.3 Å². The van der Waals surface area contributed by atoms with Gasteiger partial charge in [-0.3, -0.25) is 4.79 Å². The maximum absolute atomic E-state index is 14.0. The third-order valence-corrected chi connectivity index (χ3v) is 6.92. The molecule has 43 heavy (non-hydrogen) atoms. The number of anilines is 1. The molecule has 4 aromatic rings. The normalized spacial score (nSPS) is 12.1. The smallest absolute Gasteiger partial charge is 0.550 e. The molecule has 0 bridgehead atoms. The SMILES string of the molecule is CC(C)c1c(C(=O)Nc2ccccc2)c(-c2ccccc2)c(-c2ccc(F)cc2)n1CC[C@@H](O)C[C@@H](O)CC(=O)[O-].O.[Na+]. The number of hydrogen-bond donors (Lipinski definition) is 3. The number of carboxylic acid groups (broad SMARTS) is 1. The number of nitrogens with one attached hydrogen (secondary N) is 1. The number of aliphatic hydroxyl groups is 2. The molecule has 2 atom stereocenters. The summed E-state index contributed by atoms with van der Waals surface area (Å²) < 4.78 is 16.0. The van der Waals surface area contributed by atoms with Gasteiger partial charge in [0.1, 0.15) is 5.82 Å². The maximum Gasteiger partial charge on any atom is 1.00 e. The molecule has 0 saturated heterocycles. The van der Waals surface area contributed by atoms with Crippen LogP contribution in [-0.2, 0) is 11.3 Å². The second-order valence-electron chi connectivity index (χ2n) is 10.4. The summed E-state index contributed by atoms with van der Waals surface area (Å²) in [6.45, 7) is 4.22. The number of carbonyl (C=O) groups excluding carboxylic acids is 2. The van der Waals surface area contributed by atoms with Gasteiger partial charge in [0, 0.05) is 35.9 Å². The molecule has 8 nitrogen and oxygen atoms in total. The number of carbonyl (C=O) groups is 2. The maximum atomic E-state index is 14.0. The van der Waals surface area contributed by atoms with Crippen LogP contribution in [0.2, 0.25) is 0 Å². The molecule has 0 aliphatic rings. The van der Waals surface area contributed by atoms with Crippen LogP contribution < -0.4 is 40.0 Å². The number of hydrogen-bond acceptors (Lipinski definition) is 5. The number of nitrogens with zero attached hydrogens (tertiary/aromatic N) is 1. The standard InChI is InChI=1S/C33H35FN2O5.Na.H2O/c1-21(2)31-30(33(41)35-25-11-7-4-8-12-25)29(22-9-5-3-6-10-22)32(23-13-15-24(34)16-14-23)36(31)18-17-26(37)19-27(38)20-28(39)40;;/h3-16,21,26-27,37-38H,17-20H2,1-2H3,(H,35,41)(H,39,40);;1H2/q;+1;/p-1/t26-,27-;;/m1../s1. The summed E-state index contributed by atoms with van der Waals surface area (Å²) in [5.41, 5.74) is 4.72. The Bertz CT molecular complexity index is 1480. The minimum Gasteiger partial charge on any atom is -0.550 e. The molecule has 0 radical (unpaired) electrons. The molecule has 0 aliphatic carbocycles. The van der Waals surface area contributed by atoms with E-state index in [1.807, 2.05) is 66.9 Å². The Hall–Kier alpha value is -3.31. The number of para-hydroxylation sites is 1. The van der Waals surface area contributed by atoms with Crippen LogP contribution in [0.5, 0.6) is 0 Å². The van der Waals surface area contributed by atoms with Gasteiger partial charge < -0.3 is 35.5 Å². The Morgan fingerprint density at radius 1 is 0.884 bits per heavy atom. The third-order valence-electron chi connectivity index (χ3n) is 6.92. The second kappa shape index (κ2) is 16.5. The Kier molecular flexibility index (Phi) is 13.8. The Morgan fingerprint density at radius 2 is 1.47 bits per heavy atom. The van der Waals surface area contributed by atoms with Crippen LogP contribution in [0, 0.1) is 5.82 Å². The molecular weight excluding hydrogens is 562 g/mol. The van der Waals surface area contributed by atoms with E-state index in [9.17, 15) is 29.3 Å². The van der Waals surface area contributed by atoms with Gasteiger partial charge >= 0.3 is 29.6 Å². The van der Waals surface area contributed by atoms with Crippen LogP contribution in [0.4, 0.5) is 10.1 Å². The van der Waals surface area contributed by atoms with E-state index in [0.29, 0.717) is 28.1 Å². The molecule has 1 heterocycles.